The van der Waals surface area contributed by atoms with Crippen LogP contribution in [0.25, 0.3) is 0 Å². The number of benzene rings is 1. The van der Waals surface area contributed by atoms with Crippen molar-refractivity contribution in [3.63, 3.8) is 0 Å². The highest BCUT2D eigenvalue weighted by molar-refractivity contribution is 5.84. The van der Waals surface area contributed by atoms with Crippen LogP contribution < -0.4 is 10.1 Å². The Hall–Kier alpha value is -2.57. The maximum atomic E-state index is 13.0. The van der Waals surface area contributed by atoms with Gasteiger partial charge in [0.2, 0.25) is 11.8 Å². The van der Waals surface area contributed by atoms with Gasteiger partial charge in [0.1, 0.15) is 11.8 Å². The predicted molar refractivity (Wildman–Crippen MR) is 105 cm³/mol. The highest BCUT2D eigenvalue weighted by Crippen LogP contribution is 2.19. The topological polar surface area (TPSA) is 80.5 Å². The third-order valence-electron chi connectivity index (χ3n) is 4.24. The fourth-order valence-corrected chi connectivity index (χ4v) is 2.78. The number of ether oxygens (including phenoxy) is 1. The minimum Gasteiger partial charge on any atom is -0.497 e. The lowest BCUT2D eigenvalue weighted by Crippen LogP contribution is -2.42. The number of methoxy groups -OCH3 is 1. The lowest BCUT2D eigenvalue weighted by atomic mass is 10.1. The summed E-state index contributed by atoms with van der Waals surface area (Å²) in [7, 11) is 1.62. The summed E-state index contributed by atoms with van der Waals surface area (Å²) < 4.78 is 10.5. The smallest absolute Gasteiger partial charge is 0.245 e. The third-order valence-corrected chi connectivity index (χ3v) is 4.24. The van der Waals surface area contributed by atoms with E-state index in [1.807, 2.05) is 38.1 Å². The first-order valence-electron chi connectivity index (χ1n) is 9.47. The Morgan fingerprint density at radius 1 is 1.33 bits per heavy atom. The van der Waals surface area contributed by atoms with Crippen LogP contribution in [0.3, 0.4) is 0 Å². The fraction of sp³-hybridized carbons (Fsp3) is 0.550. The van der Waals surface area contributed by atoms with Crippen molar-refractivity contribution < 1.29 is 14.1 Å². The molecule has 0 bridgehead atoms. The molecule has 148 valence electrons. The minimum absolute atomic E-state index is 0.0121. The number of aromatic nitrogens is 2. The van der Waals surface area contributed by atoms with Crippen LogP contribution in [-0.4, -0.2) is 40.6 Å². The van der Waals surface area contributed by atoms with E-state index >= 15 is 0 Å². The van der Waals surface area contributed by atoms with Gasteiger partial charge in [-0.05, 0) is 31.4 Å². The van der Waals surface area contributed by atoms with E-state index in [0.29, 0.717) is 37.1 Å². The van der Waals surface area contributed by atoms with E-state index in [9.17, 15) is 4.79 Å². The molecule has 0 saturated carbocycles. The Morgan fingerprint density at radius 2 is 2.11 bits per heavy atom. The van der Waals surface area contributed by atoms with Crippen molar-refractivity contribution in [1.82, 2.24) is 15.0 Å². The van der Waals surface area contributed by atoms with E-state index in [4.69, 9.17) is 9.26 Å². The maximum absolute atomic E-state index is 13.0. The van der Waals surface area contributed by atoms with E-state index in [1.165, 1.54) is 0 Å². The van der Waals surface area contributed by atoms with Crippen LogP contribution in [0.5, 0.6) is 5.75 Å². The number of likely N-dealkylation sites (N-methyl/N-ethyl adjacent to an activating group) is 1. The van der Waals surface area contributed by atoms with E-state index in [1.54, 1.807) is 12.0 Å². The van der Waals surface area contributed by atoms with Crippen molar-refractivity contribution in [1.29, 1.82) is 0 Å². The number of amides is 1. The van der Waals surface area contributed by atoms with E-state index in [-0.39, 0.29) is 11.9 Å². The number of anilines is 1. The number of rotatable bonds is 10. The molecule has 0 radical (unpaired) electrons. The standard InChI is InChI=1S/C20H30N4O3/c1-6-17(21-15-9-8-10-16(12-15)26-5)20(25)24(7-2)13-18-22-19(27-23-18)11-14(3)4/h8-10,12,14,17,21H,6-7,11,13H2,1-5H3/t17-/m1/s1. The molecule has 0 aliphatic heterocycles. The Kier molecular flexibility index (Phi) is 7.64. The van der Waals surface area contributed by atoms with E-state index < -0.39 is 0 Å². The fourth-order valence-electron chi connectivity index (χ4n) is 2.78. The van der Waals surface area contributed by atoms with Gasteiger partial charge >= 0.3 is 0 Å². The van der Waals surface area contributed by atoms with Crippen LogP contribution in [0.15, 0.2) is 28.8 Å². The van der Waals surface area contributed by atoms with Crippen LogP contribution in [0, 0.1) is 5.92 Å². The number of nitrogens with one attached hydrogen (secondary N) is 1. The monoisotopic (exact) mass is 374 g/mol. The molecule has 1 aromatic carbocycles. The summed E-state index contributed by atoms with van der Waals surface area (Å²) in [6.45, 7) is 9.05. The number of hydrogen-bond donors (Lipinski definition) is 1. The first kappa shape index (κ1) is 20.7. The second kappa shape index (κ2) is 9.94. The molecule has 0 spiro atoms. The number of nitrogens with zero attached hydrogens (tertiary/aromatic N) is 3. The highest BCUT2D eigenvalue weighted by atomic mass is 16.5. The molecule has 0 aliphatic carbocycles. The Morgan fingerprint density at radius 3 is 2.74 bits per heavy atom. The van der Waals surface area contributed by atoms with Crippen molar-refractivity contribution in [3.05, 3.63) is 36.0 Å². The van der Waals surface area contributed by atoms with Gasteiger partial charge in [-0.25, -0.2) is 0 Å². The summed E-state index contributed by atoms with van der Waals surface area (Å²) in [5.74, 6) is 2.36. The quantitative estimate of drug-likeness (QED) is 0.685. The molecule has 27 heavy (non-hydrogen) atoms. The molecule has 1 aromatic heterocycles. The summed E-state index contributed by atoms with van der Waals surface area (Å²) in [5.41, 5.74) is 0.851. The first-order chi connectivity index (χ1) is 13.0. The van der Waals surface area contributed by atoms with Gasteiger partial charge in [0.05, 0.1) is 13.7 Å². The molecule has 0 saturated heterocycles. The van der Waals surface area contributed by atoms with Crippen LogP contribution in [-0.2, 0) is 17.8 Å². The molecule has 2 aromatic rings. The normalized spacial score (nSPS) is 12.1. The number of carbonyl (C=O) groups excluding carboxylic acids is 1. The molecular formula is C20H30N4O3. The van der Waals surface area contributed by atoms with Crippen molar-refractivity contribution in [3.8, 4) is 5.75 Å². The average Bonchev–Trinajstić information content (AvgIpc) is 3.10. The molecule has 1 amide bonds. The van der Waals surface area contributed by atoms with Crippen LogP contribution in [0.1, 0.15) is 45.8 Å². The SMILES string of the molecule is CC[C@@H](Nc1cccc(OC)c1)C(=O)N(CC)Cc1noc(CC(C)C)n1. The van der Waals surface area contributed by atoms with Gasteiger partial charge in [-0.15, -0.1) is 0 Å². The highest BCUT2D eigenvalue weighted by Gasteiger charge is 2.23. The van der Waals surface area contributed by atoms with Gasteiger partial charge in [-0.3, -0.25) is 4.79 Å². The Balaban J connectivity index is 2.05. The molecule has 0 aliphatic rings. The van der Waals surface area contributed by atoms with Crippen LogP contribution in [0.2, 0.25) is 0 Å². The largest absolute Gasteiger partial charge is 0.497 e. The molecule has 2 rings (SSSR count). The summed E-state index contributed by atoms with van der Waals surface area (Å²) in [5, 5.41) is 7.31. The van der Waals surface area contributed by atoms with Crippen molar-refractivity contribution in [2.45, 2.75) is 53.1 Å². The second-order valence-electron chi connectivity index (χ2n) is 6.89. The zero-order valence-corrected chi connectivity index (χ0v) is 16.9. The van der Waals surface area contributed by atoms with E-state index in [2.05, 4.69) is 29.3 Å². The minimum atomic E-state index is -0.334. The van der Waals surface area contributed by atoms with Gasteiger partial charge in [0.15, 0.2) is 5.82 Å². The van der Waals surface area contributed by atoms with Gasteiger partial charge in [-0.2, -0.15) is 4.98 Å². The molecule has 1 atom stereocenters. The second-order valence-corrected chi connectivity index (χ2v) is 6.89. The zero-order valence-electron chi connectivity index (χ0n) is 16.9. The lowest BCUT2D eigenvalue weighted by Gasteiger charge is -2.26. The van der Waals surface area contributed by atoms with Gasteiger partial charge < -0.3 is 19.5 Å². The van der Waals surface area contributed by atoms with Crippen molar-refractivity contribution in [2.75, 3.05) is 19.0 Å². The summed E-state index contributed by atoms with van der Waals surface area (Å²) in [6, 6.07) is 7.23. The number of hydrogen-bond acceptors (Lipinski definition) is 6. The molecule has 7 heteroatoms. The summed E-state index contributed by atoms with van der Waals surface area (Å²) in [4.78, 5) is 19.1. The predicted octanol–water partition coefficient (Wildman–Crippen LogP) is 3.52. The lowest BCUT2D eigenvalue weighted by molar-refractivity contribution is -0.132. The van der Waals surface area contributed by atoms with Crippen molar-refractivity contribution >= 4 is 11.6 Å². The number of carbonyl (C=O) groups is 1. The maximum Gasteiger partial charge on any atom is 0.245 e. The Bertz CT molecular complexity index is 730. The average molecular weight is 374 g/mol. The molecule has 0 unspecified atom stereocenters. The molecule has 7 nitrogen and oxygen atoms in total. The molecule has 1 N–H and O–H groups in total. The molecule has 1 heterocycles. The Labute approximate surface area is 161 Å². The first-order valence-corrected chi connectivity index (χ1v) is 9.47. The summed E-state index contributed by atoms with van der Waals surface area (Å²) >= 11 is 0. The van der Waals surface area contributed by atoms with Gasteiger partial charge in [0, 0.05) is 24.7 Å². The van der Waals surface area contributed by atoms with E-state index in [0.717, 1.165) is 17.9 Å². The van der Waals surface area contributed by atoms with Crippen LogP contribution >= 0.6 is 0 Å². The molecular weight excluding hydrogens is 344 g/mol. The van der Waals surface area contributed by atoms with Crippen LogP contribution in [0.4, 0.5) is 5.69 Å². The molecule has 0 fully saturated rings. The zero-order chi connectivity index (χ0) is 19.8. The van der Waals surface area contributed by atoms with Gasteiger partial charge in [0.25, 0.3) is 0 Å². The van der Waals surface area contributed by atoms with Crippen molar-refractivity contribution in [2.24, 2.45) is 5.92 Å². The summed E-state index contributed by atoms with van der Waals surface area (Å²) in [6.07, 6.45) is 1.40. The third kappa shape index (κ3) is 5.98. The van der Waals surface area contributed by atoms with Gasteiger partial charge in [-0.1, -0.05) is 32.0 Å².